The highest BCUT2D eigenvalue weighted by Crippen LogP contribution is 2.31. The second kappa shape index (κ2) is 8.05. The fourth-order valence-corrected chi connectivity index (χ4v) is 3.67. The normalized spacial score (nSPS) is 13.6. The summed E-state index contributed by atoms with van der Waals surface area (Å²) >= 11 is 0. The fraction of sp³-hybridized carbons (Fsp3) is 0.318. The van der Waals surface area contributed by atoms with Crippen molar-refractivity contribution in [3.63, 3.8) is 0 Å². The molecule has 0 aliphatic carbocycles. The molecule has 9 heteroatoms. The summed E-state index contributed by atoms with van der Waals surface area (Å²) in [6.45, 7) is 2.11. The second-order valence-electron chi connectivity index (χ2n) is 7.52. The van der Waals surface area contributed by atoms with Crippen molar-refractivity contribution in [1.82, 2.24) is 19.7 Å². The highest BCUT2D eigenvalue weighted by atomic mass is 19.4. The van der Waals surface area contributed by atoms with E-state index in [0.717, 1.165) is 22.4 Å². The molecule has 0 saturated carbocycles. The number of ether oxygens (including phenoxy) is 1. The maximum Gasteiger partial charge on any atom is 0.392 e. The minimum atomic E-state index is -4.32. The highest BCUT2D eigenvalue weighted by Gasteiger charge is 2.32. The largest absolute Gasteiger partial charge is 0.477 e. The van der Waals surface area contributed by atoms with E-state index in [1.807, 2.05) is 44.4 Å². The molecule has 0 saturated heterocycles. The maximum atomic E-state index is 12.9. The predicted molar refractivity (Wildman–Crippen MR) is 107 cm³/mol. The van der Waals surface area contributed by atoms with Crippen molar-refractivity contribution in [1.29, 1.82) is 0 Å². The van der Waals surface area contributed by atoms with Crippen molar-refractivity contribution in [2.75, 3.05) is 6.61 Å². The molecule has 3 aromatic rings. The van der Waals surface area contributed by atoms with E-state index in [1.165, 1.54) is 6.20 Å². The lowest BCUT2D eigenvalue weighted by atomic mass is 10.0. The number of hydrogen-bond donors (Lipinski definition) is 0. The van der Waals surface area contributed by atoms with Gasteiger partial charge in [-0.2, -0.15) is 18.3 Å². The van der Waals surface area contributed by atoms with Gasteiger partial charge in [0, 0.05) is 38.1 Å². The molecule has 31 heavy (non-hydrogen) atoms. The van der Waals surface area contributed by atoms with E-state index in [9.17, 15) is 18.0 Å². The molecular formula is C22H21F3N4O2. The third kappa shape index (κ3) is 4.55. The zero-order valence-corrected chi connectivity index (χ0v) is 17.1. The number of carbonyl (C=O) groups excluding carboxylic acids is 1. The van der Waals surface area contributed by atoms with Crippen LogP contribution in [0.15, 0.2) is 42.7 Å². The SMILES string of the molecule is Cc1nn(C)cc1-c1ccc(CN2Cc3ccnc(OCCC(F)(F)F)c3C2=O)cc1. The molecule has 1 amide bonds. The monoisotopic (exact) mass is 430 g/mol. The first-order chi connectivity index (χ1) is 14.7. The molecule has 2 aromatic heterocycles. The van der Waals surface area contributed by atoms with E-state index in [0.29, 0.717) is 18.7 Å². The number of aryl methyl sites for hydroxylation is 2. The topological polar surface area (TPSA) is 60.3 Å². The molecule has 0 spiro atoms. The van der Waals surface area contributed by atoms with Crippen molar-refractivity contribution >= 4 is 5.91 Å². The Morgan fingerprint density at radius 1 is 1.16 bits per heavy atom. The van der Waals surface area contributed by atoms with Crippen molar-refractivity contribution in [2.24, 2.45) is 7.05 Å². The summed E-state index contributed by atoms with van der Waals surface area (Å²) in [7, 11) is 1.87. The molecule has 0 N–H and O–H groups in total. The zero-order valence-electron chi connectivity index (χ0n) is 17.1. The minimum absolute atomic E-state index is 0.0448. The van der Waals surface area contributed by atoms with Crippen molar-refractivity contribution < 1.29 is 22.7 Å². The molecule has 4 rings (SSSR count). The Hall–Kier alpha value is -3.36. The van der Waals surface area contributed by atoms with Gasteiger partial charge in [-0.25, -0.2) is 4.98 Å². The van der Waals surface area contributed by atoms with Crippen molar-refractivity contribution in [3.8, 4) is 17.0 Å². The molecule has 0 atom stereocenters. The van der Waals surface area contributed by atoms with Gasteiger partial charge in [0.05, 0.1) is 18.7 Å². The zero-order chi connectivity index (χ0) is 22.2. The first-order valence-corrected chi connectivity index (χ1v) is 9.77. The molecule has 1 aliphatic heterocycles. The number of hydrogen-bond acceptors (Lipinski definition) is 4. The summed E-state index contributed by atoms with van der Waals surface area (Å²) in [4.78, 5) is 18.5. The number of fused-ring (bicyclic) bond motifs is 1. The molecule has 0 bridgehead atoms. The van der Waals surface area contributed by atoms with Crippen LogP contribution in [0.1, 0.15) is 33.6 Å². The maximum absolute atomic E-state index is 12.9. The van der Waals surface area contributed by atoms with E-state index in [1.54, 1.807) is 15.6 Å². The van der Waals surface area contributed by atoms with Crippen LogP contribution in [0.2, 0.25) is 0 Å². The Morgan fingerprint density at radius 2 is 1.90 bits per heavy atom. The first-order valence-electron chi connectivity index (χ1n) is 9.77. The summed E-state index contributed by atoms with van der Waals surface area (Å²) in [5.41, 5.74) is 4.90. The van der Waals surface area contributed by atoms with Gasteiger partial charge in [-0.1, -0.05) is 24.3 Å². The molecular weight excluding hydrogens is 409 g/mol. The van der Waals surface area contributed by atoms with E-state index in [4.69, 9.17) is 4.74 Å². The van der Waals surface area contributed by atoms with Gasteiger partial charge in [-0.3, -0.25) is 9.48 Å². The molecule has 3 heterocycles. The van der Waals surface area contributed by atoms with Crippen molar-refractivity contribution in [3.05, 3.63) is 65.1 Å². The van der Waals surface area contributed by atoms with Crippen LogP contribution in [0.3, 0.4) is 0 Å². The van der Waals surface area contributed by atoms with Crippen LogP contribution in [0.5, 0.6) is 5.88 Å². The van der Waals surface area contributed by atoms with Gasteiger partial charge >= 0.3 is 6.18 Å². The lowest BCUT2D eigenvalue weighted by Gasteiger charge is -2.16. The molecule has 162 valence electrons. The number of alkyl halides is 3. The number of aromatic nitrogens is 3. The fourth-order valence-electron chi connectivity index (χ4n) is 3.67. The molecule has 0 fully saturated rings. The van der Waals surface area contributed by atoms with Crippen LogP contribution in [-0.2, 0) is 20.1 Å². The summed E-state index contributed by atoms with van der Waals surface area (Å²) < 4.78 is 44.1. The molecule has 1 aliphatic rings. The molecule has 0 unspecified atom stereocenters. The average molecular weight is 430 g/mol. The number of carbonyl (C=O) groups is 1. The van der Waals surface area contributed by atoms with Crippen LogP contribution >= 0.6 is 0 Å². The summed E-state index contributed by atoms with van der Waals surface area (Å²) in [6, 6.07) is 9.58. The summed E-state index contributed by atoms with van der Waals surface area (Å²) in [6.07, 6.45) is -2.02. The van der Waals surface area contributed by atoms with Crippen molar-refractivity contribution in [2.45, 2.75) is 32.6 Å². The van der Waals surface area contributed by atoms with Gasteiger partial charge in [0.1, 0.15) is 5.56 Å². The smallest absolute Gasteiger partial charge is 0.392 e. The van der Waals surface area contributed by atoms with Crippen LogP contribution < -0.4 is 4.74 Å². The number of amides is 1. The van der Waals surface area contributed by atoms with E-state index < -0.39 is 19.2 Å². The molecule has 0 radical (unpaired) electrons. The number of pyridine rings is 1. The Labute approximate surface area is 177 Å². The lowest BCUT2D eigenvalue weighted by Crippen LogP contribution is -2.23. The number of rotatable bonds is 6. The number of benzene rings is 1. The minimum Gasteiger partial charge on any atom is -0.477 e. The Morgan fingerprint density at radius 3 is 2.55 bits per heavy atom. The Balaban J connectivity index is 1.46. The lowest BCUT2D eigenvalue weighted by molar-refractivity contribution is -0.139. The Bertz CT molecular complexity index is 1110. The van der Waals surface area contributed by atoms with Gasteiger partial charge in [-0.15, -0.1) is 0 Å². The third-order valence-electron chi connectivity index (χ3n) is 5.14. The quantitative estimate of drug-likeness (QED) is 0.586. The van der Waals surface area contributed by atoms with E-state index in [2.05, 4.69) is 10.1 Å². The van der Waals surface area contributed by atoms with Gasteiger partial charge in [0.15, 0.2) is 0 Å². The summed E-state index contributed by atoms with van der Waals surface area (Å²) in [5, 5.41) is 4.35. The van der Waals surface area contributed by atoms with Gasteiger partial charge in [-0.05, 0) is 29.7 Å². The first kappa shape index (κ1) is 20.9. The third-order valence-corrected chi connectivity index (χ3v) is 5.14. The molecule has 1 aromatic carbocycles. The number of nitrogens with zero attached hydrogens (tertiary/aromatic N) is 4. The number of halogens is 3. The summed E-state index contributed by atoms with van der Waals surface area (Å²) in [5.74, 6) is -0.339. The van der Waals surface area contributed by atoms with Crippen LogP contribution in [0.4, 0.5) is 13.2 Å². The Kier molecular flexibility index (Phi) is 5.43. The predicted octanol–water partition coefficient (Wildman–Crippen LogP) is 4.28. The molecule has 6 nitrogen and oxygen atoms in total. The van der Waals surface area contributed by atoms with Gasteiger partial charge in [0.25, 0.3) is 5.91 Å². The van der Waals surface area contributed by atoms with Crippen LogP contribution in [0.25, 0.3) is 11.1 Å². The average Bonchev–Trinajstić information content (AvgIpc) is 3.20. The second-order valence-corrected chi connectivity index (χ2v) is 7.52. The van der Waals surface area contributed by atoms with Gasteiger partial charge < -0.3 is 9.64 Å². The van der Waals surface area contributed by atoms with E-state index in [-0.39, 0.29) is 17.4 Å². The standard InChI is InChI=1S/C22H21F3N4O2/c1-14-18(13-28(2)27-14)16-5-3-15(4-6-16)11-29-12-17-7-9-26-20(19(17)21(29)30)31-10-8-22(23,24)25/h3-7,9,13H,8,10-12H2,1-2H3. The van der Waals surface area contributed by atoms with Gasteiger partial charge in [0.2, 0.25) is 5.88 Å². The van der Waals surface area contributed by atoms with Crippen LogP contribution in [0, 0.1) is 6.92 Å². The van der Waals surface area contributed by atoms with E-state index >= 15 is 0 Å². The van der Waals surface area contributed by atoms with Crippen LogP contribution in [-0.4, -0.2) is 38.4 Å². The highest BCUT2D eigenvalue weighted by molar-refractivity contribution is 6.00.